The molecule has 3 nitrogen and oxygen atoms in total. The minimum Gasteiger partial charge on any atom is -0.353 e. The molecular weight excluding hydrogens is 256 g/mol. The molecule has 3 atom stereocenters. The van der Waals surface area contributed by atoms with Crippen LogP contribution in [0.15, 0.2) is 28.9 Å². The third kappa shape index (κ3) is 1.80. The molecule has 0 aromatic heterocycles. The summed E-state index contributed by atoms with van der Waals surface area (Å²) in [5.41, 5.74) is 1.18. The van der Waals surface area contributed by atoms with Crippen LogP contribution in [0.25, 0.3) is 0 Å². The SMILES string of the molecule is O=C(NC1CC1)C1CSC23CC=CC=C2N=CCC13. The molecule has 2 aliphatic heterocycles. The summed E-state index contributed by atoms with van der Waals surface area (Å²) < 4.78 is 0.0784. The van der Waals surface area contributed by atoms with Gasteiger partial charge in [-0.1, -0.05) is 12.2 Å². The van der Waals surface area contributed by atoms with E-state index in [1.54, 1.807) is 0 Å². The van der Waals surface area contributed by atoms with E-state index < -0.39 is 0 Å². The summed E-state index contributed by atoms with van der Waals surface area (Å²) in [6.45, 7) is 0. The molecule has 4 aliphatic rings. The molecule has 100 valence electrons. The molecule has 4 rings (SSSR count). The normalized spacial score (nSPS) is 39.5. The summed E-state index contributed by atoms with van der Waals surface area (Å²) in [5.74, 6) is 1.80. The van der Waals surface area contributed by atoms with Gasteiger partial charge in [-0.2, -0.15) is 0 Å². The Balaban J connectivity index is 1.61. The lowest BCUT2D eigenvalue weighted by Crippen LogP contribution is -2.43. The highest BCUT2D eigenvalue weighted by Crippen LogP contribution is 2.57. The molecule has 1 saturated heterocycles. The standard InChI is InChI=1S/C15H18N2OS/c18-14(17-10-4-5-10)11-9-19-15-7-2-1-3-13(15)16-8-6-12(11)15/h1-3,8,10-12H,4-7,9H2,(H,17,18). The number of hydrogen-bond donors (Lipinski definition) is 1. The van der Waals surface area contributed by atoms with Crippen LogP contribution in [0.4, 0.5) is 0 Å². The Kier molecular flexibility index (Phi) is 2.62. The second kappa shape index (κ2) is 4.23. The Morgan fingerprint density at radius 1 is 1.47 bits per heavy atom. The van der Waals surface area contributed by atoms with Gasteiger partial charge < -0.3 is 5.32 Å². The van der Waals surface area contributed by atoms with Crippen LogP contribution in [0.2, 0.25) is 0 Å². The summed E-state index contributed by atoms with van der Waals surface area (Å²) in [7, 11) is 0. The second-order valence-electron chi connectivity index (χ2n) is 5.93. The van der Waals surface area contributed by atoms with Crippen LogP contribution in [0.5, 0.6) is 0 Å². The zero-order valence-electron chi connectivity index (χ0n) is 10.8. The topological polar surface area (TPSA) is 41.5 Å². The van der Waals surface area contributed by atoms with Crippen molar-refractivity contribution in [2.75, 3.05) is 5.75 Å². The molecule has 0 aromatic carbocycles. The summed E-state index contributed by atoms with van der Waals surface area (Å²) in [6.07, 6.45) is 12.8. The minimum absolute atomic E-state index is 0.0784. The van der Waals surface area contributed by atoms with E-state index in [4.69, 9.17) is 0 Å². The first kappa shape index (κ1) is 11.8. The maximum atomic E-state index is 12.4. The predicted molar refractivity (Wildman–Crippen MR) is 78.3 cm³/mol. The Bertz CT molecular complexity index is 506. The monoisotopic (exact) mass is 274 g/mol. The molecule has 2 fully saturated rings. The lowest BCUT2D eigenvalue weighted by atomic mass is 9.73. The number of hydrogen-bond acceptors (Lipinski definition) is 3. The van der Waals surface area contributed by atoms with E-state index in [0.717, 1.165) is 31.4 Å². The van der Waals surface area contributed by atoms with Gasteiger partial charge in [0.25, 0.3) is 0 Å². The lowest BCUT2D eigenvalue weighted by molar-refractivity contribution is -0.125. The molecule has 3 unspecified atom stereocenters. The third-order valence-corrected chi connectivity index (χ3v) is 6.42. The first-order chi connectivity index (χ1) is 9.29. The first-order valence-corrected chi connectivity index (χ1v) is 8.12. The van der Waals surface area contributed by atoms with Crippen LogP contribution >= 0.6 is 11.8 Å². The second-order valence-corrected chi connectivity index (χ2v) is 7.28. The van der Waals surface area contributed by atoms with Crippen LogP contribution in [0, 0.1) is 11.8 Å². The van der Waals surface area contributed by atoms with Crippen LogP contribution in [0.3, 0.4) is 0 Å². The van der Waals surface area contributed by atoms with Gasteiger partial charge in [-0.05, 0) is 37.7 Å². The highest BCUT2D eigenvalue weighted by Gasteiger charge is 2.54. The fraction of sp³-hybridized carbons (Fsp3) is 0.600. The van der Waals surface area contributed by atoms with Gasteiger partial charge in [0.2, 0.25) is 5.91 Å². The molecule has 1 saturated carbocycles. The van der Waals surface area contributed by atoms with Gasteiger partial charge in [0.1, 0.15) is 0 Å². The Morgan fingerprint density at radius 2 is 2.37 bits per heavy atom. The molecule has 19 heavy (non-hydrogen) atoms. The fourth-order valence-electron chi connectivity index (χ4n) is 3.47. The highest BCUT2D eigenvalue weighted by atomic mass is 32.2. The maximum Gasteiger partial charge on any atom is 0.224 e. The van der Waals surface area contributed by atoms with Gasteiger partial charge >= 0.3 is 0 Å². The smallest absolute Gasteiger partial charge is 0.224 e. The molecule has 2 heterocycles. The lowest BCUT2D eigenvalue weighted by Gasteiger charge is -2.39. The van der Waals surface area contributed by atoms with Gasteiger partial charge in [-0.15, -0.1) is 11.8 Å². The number of thioether (sulfide) groups is 1. The van der Waals surface area contributed by atoms with Crippen molar-refractivity contribution in [1.82, 2.24) is 5.32 Å². The number of nitrogens with one attached hydrogen (secondary N) is 1. The zero-order valence-corrected chi connectivity index (χ0v) is 11.7. The molecule has 0 radical (unpaired) electrons. The number of carbonyl (C=O) groups is 1. The van der Waals surface area contributed by atoms with Gasteiger partial charge in [0.05, 0.1) is 16.4 Å². The van der Waals surface area contributed by atoms with Gasteiger partial charge in [-0.3, -0.25) is 9.79 Å². The number of amides is 1. The number of aliphatic imine (C=N–C) groups is 1. The molecule has 1 N–H and O–H groups in total. The van der Waals surface area contributed by atoms with Crippen molar-refractivity contribution in [2.45, 2.75) is 36.5 Å². The van der Waals surface area contributed by atoms with Crippen molar-refractivity contribution in [2.24, 2.45) is 16.8 Å². The van der Waals surface area contributed by atoms with Crippen LogP contribution in [-0.4, -0.2) is 28.7 Å². The number of allylic oxidation sites excluding steroid dienone is 3. The predicted octanol–water partition coefficient (Wildman–Crippen LogP) is 2.30. The van der Waals surface area contributed by atoms with E-state index in [2.05, 4.69) is 28.5 Å². The van der Waals surface area contributed by atoms with Gasteiger partial charge in [0, 0.05) is 18.0 Å². The van der Waals surface area contributed by atoms with Crippen LogP contribution < -0.4 is 5.32 Å². The highest BCUT2D eigenvalue weighted by molar-refractivity contribution is 8.01. The number of carbonyl (C=O) groups excluding carboxylic acids is 1. The Morgan fingerprint density at radius 3 is 3.21 bits per heavy atom. The van der Waals surface area contributed by atoms with Gasteiger partial charge in [-0.25, -0.2) is 0 Å². The van der Waals surface area contributed by atoms with Crippen molar-refractivity contribution in [1.29, 1.82) is 0 Å². The van der Waals surface area contributed by atoms with Crippen molar-refractivity contribution in [3.8, 4) is 0 Å². The van der Waals surface area contributed by atoms with E-state index in [9.17, 15) is 4.79 Å². The molecule has 0 bridgehead atoms. The average Bonchev–Trinajstić information content (AvgIpc) is 3.16. The summed E-state index contributed by atoms with van der Waals surface area (Å²) in [4.78, 5) is 17.0. The summed E-state index contributed by atoms with van der Waals surface area (Å²) in [6, 6.07) is 0.465. The van der Waals surface area contributed by atoms with Crippen molar-refractivity contribution in [3.05, 3.63) is 23.9 Å². The van der Waals surface area contributed by atoms with Crippen molar-refractivity contribution < 1.29 is 4.79 Å². The molecule has 1 spiro atoms. The maximum absolute atomic E-state index is 12.4. The summed E-state index contributed by atoms with van der Waals surface area (Å²) >= 11 is 1.95. The minimum atomic E-state index is 0.0784. The van der Waals surface area contributed by atoms with Crippen LogP contribution in [0.1, 0.15) is 25.7 Å². The van der Waals surface area contributed by atoms with Gasteiger partial charge in [0.15, 0.2) is 0 Å². The van der Waals surface area contributed by atoms with E-state index in [-0.39, 0.29) is 16.6 Å². The molecule has 0 aromatic rings. The van der Waals surface area contributed by atoms with E-state index in [1.807, 2.05) is 18.0 Å². The van der Waals surface area contributed by atoms with E-state index in [0.29, 0.717) is 12.0 Å². The first-order valence-electron chi connectivity index (χ1n) is 7.14. The fourth-order valence-corrected chi connectivity index (χ4v) is 5.29. The average molecular weight is 274 g/mol. The van der Waals surface area contributed by atoms with Crippen LogP contribution in [-0.2, 0) is 4.79 Å². The third-order valence-electron chi connectivity index (χ3n) is 4.70. The van der Waals surface area contributed by atoms with E-state index >= 15 is 0 Å². The van der Waals surface area contributed by atoms with Crippen molar-refractivity contribution >= 4 is 23.9 Å². The summed E-state index contributed by atoms with van der Waals surface area (Å²) in [5, 5.41) is 3.19. The van der Waals surface area contributed by atoms with Crippen molar-refractivity contribution in [3.63, 3.8) is 0 Å². The van der Waals surface area contributed by atoms with E-state index in [1.165, 1.54) is 5.70 Å². The quantitative estimate of drug-likeness (QED) is 0.839. The molecule has 4 heteroatoms. The molecule has 2 aliphatic carbocycles. The zero-order chi connectivity index (χ0) is 12.9. The number of rotatable bonds is 2. The molecule has 1 amide bonds. The number of nitrogens with zero attached hydrogens (tertiary/aromatic N) is 1. The largest absolute Gasteiger partial charge is 0.353 e. The Hall–Kier alpha value is -1.03. The Labute approximate surface area is 117 Å². The molecular formula is C15H18N2OS.